The molecular weight excluding hydrogens is 374 g/mol. The van der Waals surface area contributed by atoms with E-state index in [4.69, 9.17) is 0 Å². The highest BCUT2D eigenvalue weighted by molar-refractivity contribution is 6.30. The summed E-state index contributed by atoms with van der Waals surface area (Å²) in [6, 6.07) is 4.54. The van der Waals surface area contributed by atoms with Crippen LogP contribution in [0.1, 0.15) is 24.8 Å². The number of rotatable bonds is 2. The van der Waals surface area contributed by atoms with Crippen LogP contribution in [0.3, 0.4) is 0 Å². The molecule has 2 fully saturated rings. The predicted octanol–water partition coefficient (Wildman–Crippen LogP) is 1.12. The first-order valence-corrected chi connectivity index (χ1v) is 9.48. The van der Waals surface area contributed by atoms with E-state index in [2.05, 4.69) is 4.98 Å². The number of amides is 4. The Hall–Kier alpha value is -3.49. The number of hydrogen-bond donors (Lipinski definition) is 0. The topological polar surface area (TPSA) is 95.3 Å². The number of likely N-dealkylation sites (N-methyl/N-ethyl adjacent to an activating group) is 2. The third-order valence-electron chi connectivity index (χ3n) is 5.34. The molecule has 0 unspecified atom stereocenters. The monoisotopic (exact) mass is 395 g/mol. The van der Waals surface area contributed by atoms with Crippen LogP contribution in [0.25, 0.3) is 11.7 Å². The van der Waals surface area contributed by atoms with Gasteiger partial charge in [-0.3, -0.25) is 28.6 Å². The van der Waals surface area contributed by atoms with Crippen molar-refractivity contribution >= 4 is 35.4 Å². The van der Waals surface area contributed by atoms with Gasteiger partial charge in [0.05, 0.1) is 5.56 Å². The number of imide groups is 2. The number of nitrogens with zero attached hydrogens (tertiary/aromatic N) is 5. The van der Waals surface area contributed by atoms with E-state index >= 15 is 0 Å². The smallest absolute Gasteiger partial charge is 0.333 e. The van der Waals surface area contributed by atoms with Crippen LogP contribution in [-0.4, -0.2) is 64.2 Å². The molecule has 0 radical (unpaired) electrons. The summed E-state index contributed by atoms with van der Waals surface area (Å²) in [7, 11) is 2.61. The minimum Gasteiger partial charge on any atom is -0.356 e. The first kappa shape index (κ1) is 18.9. The molecule has 2 aromatic rings. The molecule has 29 heavy (non-hydrogen) atoms. The maximum Gasteiger partial charge on any atom is 0.333 e. The summed E-state index contributed by atoms with van der Waals surface area (Å²) >= 11 is 0. The molecule has 2 saturated heterocycles. The van der Waals surface area contributed by atoms with Crippen molar-refractivity contribution in [2.45, 2.75) is 19.3 Å². The fourth-order valence-electron chi connectivity index (χ4n) is 3.68. The molecule has 2 aromatic heterocycles. The average Bonchev–Trinajstić information content (AvgIpc) is 2.75. The number of barbiturate groups is 1. The average molecular weight is 395 g/mol. The first-order chi connectivity index (χ1) is 13.9. The van der Waals surface area contributed by atoms with Crippen molar-refractivity contribution in [2.24, 2.45) is 0 Å². The van der Waals surface area contributed by atoms with E-state index in [0.29, 0.717) is 11.5 Å². The summed E-state index contributed by atoms with van der Waals surface area (Å²) in [6.07, 6.45) is 5.93. The molecule has 2 aliphatic rings. The second-order valence-corrected chi connectivity index (χ2v) is 7.20. The van der Waals surface area contributed by atoms with Crippen LogP contribution in [0.4, 0.5) is 10.6 Å². The van der Waals surface area contributed by atoms with E-state index < -0.39 is 17.8 Å². The van der Waals surface area contributed by atoms with Crippen molar-refractivity contribution in [1.82, 2.24) is 19.2 Å². The Morgan fingerprint density at radius 3 is 2.24 bits per heavy atom. The Morgan fingerprint density at radius 1 is 0.931 bits per heavy atom. The molecule has 2 aliphatic heterocycles. The summed E-state index contributed by atoms with van der Waals surface area (Å²) in [5.74, 6) is -1.02. The fraction of sp³-hybridized carbons (Fsp3) is 0.350. The summed E-state index contributed by atoms with van der Waals surface area (Å²) in [5, 5.41) is 0. The highest BCUT2D eigenvalue weighted by Crippen LogP contribution is 2.25. The third-order valence-corrected chi connectivity index (χ3v) is 5.34. The largest absolute Gasteiger partial charge is 0.356 e. The van der Waals surface area contributed by atoms with Gasteiger partial charge in [0.1, 0.15) is 17.0 Å². The lowest BCUT2D eigenvalue weighted by molar-refractivity contribution is -0.134. The standard InChI is InChI=1S/C20H21N5O4/c1-22-17(26)14(18(27)23(2)20(22)29)12-13-16(24-9-5-3-6-10-24)21-15-8-4-7-11-25(15)19(13)28/h4,7-8,11-12H,3,5-6,9-10H2,1-2H3. The van der Waals surface area contributed by atoms with Crippen molar-refractivity contribution in [1.29, 1.82) is 0 Å². The van der Waals surface area contributed by atoms with Crippen LogP contribution in [0, 0.1) is 0 Å². The molecule has 0 aromatic carbocycles. The van der Waals surface area contributed by atoms with Gasteiger partial charge in [-0.2, -0.15) is 0 Å². The summed E-state index contributed by atoms with van der Waals surface area (Å²) in [5.41, 5.74) is 0.0588. The van der Waals surface area contributed by atoms with E-state index in [1.54, 1.807) is 24.4 Å². The molecule has 9 heteroatoms. The molecule has 0 atom stereocenters. The number of aromatic nitrogens is 2. The summed E-state index contributed by atoms with van der Waals surface area (Å²) in [6.45, 7) is 1.48. The highest BCUT2D eigenvalue weighted by atomic mass is 16.2. The molecule has 0 spiro atoms. The fourth-order valence-corrected chi connectivity index (χ4v) is 3.68. The predicted molar refractivity (Wildman–Crippen MR) is 106 cm³/mol. The van der Waals surface area contributed by atoms with Crippen LogP contribution in [0.5, 0.6) is 0 Å². The van der Waals surface area contributed by atoms with E-state index in [9.17, 15) is 19.2 Å². The van der Waals surface area contributed by atoms with E-state index in [0.717, 1.165) is 42.2 Å². The molecule has 0 aliphatic carbocycles. The molecular formula is C20H21N5O4. The van der Waals surface area contributed by atoms with Gasteiger partial charge in [0, 0.05) is 33.4 Å². The van der Waals surface area contributed by atoms with Gasteiger partial charge in [-0.1, -0.05) is 6.07 Å². The van der Waals surface area contributed by atoms with Crippen molar-refractivity contribution in [3.05, 3.63) is 45.9 Å². The van der Waals surface area contributed by atoms with Crippen molar-refractivity contribution in [2.75, 3.05) is 32.1 Å². The summed E-state index contributed by atoms with van der Waals surface area (Å²) in [4.78, 5) is 58.8. The molecule has 4 heterocycles. The summed E-state index contributed by atoms with van der Waals surface area (Å²) < 4.78 is 1.39. The van der Waals surface area contributed by atoms with Crippen molar-refractivity contribution in [3.63, 3.8) is 0 Å². The van der Waals surface area contributed by atoms with Crippen molar-refractivity contribution in [3.8, 4) is 0 Å². The van der Waals surface area contributed by atoms with Crippen LogP contribution in [0.15, 0.2) is 34.8 Å². The number of anilines is 1. The Morgan fingerprint density at radius 2 is 1.59 bits per heavy atom. The van der Waals surface area contributed by atoms with E-state index in [-0.39, 0.29) is 16.7 Å². The SMILES string of the molecule is CN1C(=O)C(=Cc2c(N3CCCCC3)nc3ccccn3c2=O)C(=O)N(C)C1=O. The number of carbonyl (C=O) groups is 3. The van der Waals surface area contributed by atoms with Crippen LogP contribution in [-0.2, 0) is 9.59 Å². The number of piperidine rings is 1. The second kappa shape index (κ2) is 7.16. The number of urea groups is 1. The van der Waals surface area contributed by atoms with E-state index in [1.165, 1.54) is 24.6 Å². The van der Waals surface area contributed by atoms with Gasteiger partial charge in [0.2, 0.25) is 0 Å². The Bertz CT molecular complexity index is 1090. The minimum atomic E-state index is -0.736. The van der Waals surface area contributed by atoms with Gasteiger partial charge < -0.3 is 4.90 Å². The molecule has 0 saturated carbocycles. The van der Waals surface area contributed by atoms with Crippen molar-refractivity contribution < 1.29 is 14.4 Å². The zero-order valence-electron chi connectivity index (χ0n) is 16.3. The maximum atomic E-state index is 13.2. The maximum absolute atomic E-state index is 13.2. The first-order valence-electron chi connectivity index (χ1n) is 9.48. The molecule has 0 bridgehead atoms. The Balaban J connectivity index is 1.94. The van der Waals surface area contributed by atoms with Gasteiger partial charge in [-0.25, -0.2) is 9.78 Å². The lowest BCUT2D eigenvalue weighted by Gasteiger charge is -2.30. The van der Waals surface area contributed by atoms with Crippen LogP contribution in [0.2, 0.25) is 0 Å². The third kappa shape index (κ3) is 3.08. The molecule has 0 N–H and O–H groups in total. The number of hydrogen-bond acceptors (Lipinski definition) is 6. The van der Waals surface area contributed by atoms with Gasteiger partial charge in [-0.05, 0) is 37.5 Å². The van der Waals surface area contributed by atoms with Gasteiger partial charge in [0.25, 0.3) is 17.4 Å². The molecule has 150 valence electrons. The number of pyridine rings is 1. The van der Waals surface area contributed by atoms with Gasteiger partial charge >= 0.3 is 6.03 Å². The Kier molecular flexibility index (Phi) is 4.65. The quantitative estimate of drug-likeness (QED) is 0.559. The normalized spacial score (nSPS) is 18.1. The van der Waals surface area contributed by atoms with Crippen LogP contribution < -0.4 is 10.5 Å². The van der Waals surface area contributed by atoms with Crippen LogP contribution >= 0.6 is 0 Å². The zero-order chi connectivity index (χ0) is 20.7. The molecule has 4 amide bonds. The second-order valence-electron chi connectivity index (χ2n) is 7.20. The molecule has 9 nitrogen and oxygen atoms in total. The van der Waals surface area contributed by atoms with E-state index in [1.807, 2.05) is 4.90 Å². The van der Waals surface area contributed by atoms with Gasteiger partial charge in [-0.15, -0.1) is 0 Å². The Labute approximate surface area is 166 Å². The van der Waals surface area contributed by atoms with Gasteiger partial charge in [0.15, 0.2) is 0 Å². The lowest BCUT2D eigenvalue weighted by atomic mass is 10.1. The number of fused-ring (bicyclic) bond motifs is 1. The molecule has 4 rings (SSSR count). The lowest BCUT2D eigenvalue weighted by Crippen LogP contribution is -2.53. The minimum absolute atomic E-state index is 0.170. The number of carbonyl (C=O) groups excluding carboxylic acids is 3. The zero-order valence-corrected chi connectivity index (χ0v) is 16.3. The highest BCUT2D eigenvalue weighted by Gasteiger charge is 2.38.